The Hall–Kier alpha value is -3.95. The number of ether oxygens (including phenoxy) is 1. The van der Waals surface area contributed by atoms with Gasteiger partial charge in [-0.25, -0.2) is 9.69 Å². The van der Waals surface area contributed by atoms with Crippen LogP contribution in [-0.2, 0) is 14.4 Å². The molecule has 0 aromatic heterocycles. The number of nitrogens with one attached hydrogen (secondary N) is 2. The summed E-state index contributed by atoms with van der Waals surface area (Å²) in [5.74, 6) is -1.49. The zero-order valence-corrected chi connectivity index (χ0v) is 22.1. The standard InChI is InChI=1S/C27H21BrClN3O5/c1-15-3-9-20(11-16(15)2)32-26(35)21(25(34)31-27(32)36)12-17-4-10-23(22(28)13-17)37-14-24(33)30-19-7-5-18(29)6-8-19/h3-13H,14H2,1-2H3,(H,30,33)(H,31,34,36)/b21-12+. The molecule has 2 N–H and O–H groups in total. The summed E-state index contributed by atoms with van der Waals surface area (Å²) in [7, 11) is 0. The molecule has 10 heteroatoms. The van der Waals surface area contributed by atoms with Crippen LogP contribution in [0.1, 0.15) is 16.7 Å². The second-order valence-corrected chi connectivity index (χ2v) is 9.55. The summed E-state index contributed by atoms with van der Waals surface area (Å²) >= 11 is 9.23. The van der Waals surface area contributed by atoms with E-state index in [2.05, 4.69) is 26.6 Å². The number of urea groups is 1. The minimum absolute atomic E-state index is 0.194. The first-order valence-corrected chi connectivity index (χ1v) is 12.3. The number of imide groups is 2. The van der Waals surface area contributed by atoms with Gasteiger partial charge in [0.05, 0.1) is 10.2 Å². The van der Waals surface area contributed by atoms with Gasteiger partial charge in [0.2, 0.25) is 0 Å². The molecule has 1 fully saturated rings. The number of carbonyl (C=O) groups is 4. The Balaban J connectivity index is 1.48. The van der Waals surface area contributed by atoms with E-state index in [1.165, 1.54) is 6.08 Å². The largest absolute Gasteiger partial charge is 0.483 e. The summed E-state index contributed by atoms with van der Waals surface area (Å²) in [6.45, 7) is 3.55. The molecule has 5 amide bonds. The topological polar surface area (TPSA) is 105 Å². The van der Waals surface area contributed by atoms with E-state index in [1.807, 2.05) is 13.8 Å². The van der Waals surface area contributed by atoms with Crippen molar-refractivity contribution in [2.45, 2.75) is 13.8 Å². The van der Waals surface area contributed by atoms with Crippen LogP contribution in [0.4, 0.5) is 16.2 Å². The van der Waals surface area contributed by atoms with Crippen molar-refractivity contribution >= 4 is 68.7 Å². The molecule has 0 atom stereocenters. The minimum Gasteiger partial charge on any atom is -0.483 e. The van der Waals surface area contributed by atoms with Gasteiger partial charge in [-0.2, -0.15) is 0 Å². The molecular weight excluding hydrogens is 562 g/mol. The van der Waals surface area contributed by atoms with Gasteiger partial charge in [-0.05, 0) is 101 Å². The summed E-state index contributed by atoms with van der Waals surface area (Å²) in [6.07, 6.45) is 1.39. The van der Waals surface area contributed by atoms with Crippen LogP contribution in [0.25, 0.3) is 6.08 Å². The fourth-order valence-electron chi connectivity index (χ4n) is 3.52. The van der Waals surface area contributed by atoms with Gasteiger partial charge in [-0.3, -0.25) is 19.7 Å². The van der Waals surface area contributed by atoms with Crippen molar-refractivity contribution in [1.29, 1.82) is 0 Å². The lowest BCUT2D eigenvalue weighted by Gasteiger charge is -2.26. The molecule has 1 heterocycles. The van der Waals surface area contributed by atoms with Crippen molar-refractivity contribution in [1.82, 2.24) is 5.32 Å². The van der Waals surface area contributed by atoms with Crippen LogP contribution in [0.3, 0.4) is 0 Å². The molecule has 37 heavy (non-hydrogen) atoms. The molecule has 4 rings (SSSR count). The Morgan fingerprint density at radius 3 is 2.43 bits per heavy atom. The molecule has 0 aliphatic carbocycles. The second kappa shape index (κ2) is 11.0. The lowest BCUT2D eigenvalue weighted by molar-refractivity contribution is -0.122. The van der Waals surface area contributed by atoms with Gasteiger partial charge in [-0.15, -0.1) is 0 Å². The van der Waals surface area contributed by atoms with Crippen LogP contribution in [0.5, 0.6) is 5.75 Å². The molecular formula is C27H21BrClN3O5. The Morgan fingerprint density at radius 1 is 1.03 bits per heavy atom. The predicted octanol–water partition coefficient (Wildman–Crippen LogP) is 5.40. The van der Waals surface area contributed by atoms with E-state index in [1.54, 1.807) is 60.7 Å². The van der Waals surface area contributed by atoms with E-state index in [0.29, 0.717) is 32.2 Å². The number of halogens is 2. The molecule has 0 saturated carbocycles. The second-order valence-electron chi connectivity index (χ2n) is 8.26. The van der Waals surface area contributed by atoms with Crippen LogP contribution in [0.2, 0.25) is 5.02 Å². The molecule has 3 aromatic carbocycles. The summed E-state index contributed by atoms with van der Waals surface area (Å²) in [4.78, 5) is 51.2. The summed E-state index contributed by atoms with van der Waals surface area (Å²) in [6, 6.07) is 15.9. The maximum Gasteiger partial charge on any atom is 0.335 e. The van der Waals surface area contributed by atoms with E-state index in [-0.39, 0.29) is 18.1 Å². The third kappa shape index (κ3) is 6.07. The normalized spacial score (nSPS) is 14.5. The zero-order chi connectivity index (χ0) is 26.7. The fourth-order valence-corrected chi connectivity index (χ4v) is 4.16. The van der Waals surface area contributed by atoms with E-state index in [9.17, 15) is 19.2 Å². The maximum atomic E-state index is 13.1. The number of anilines is 2. The highest BCUT2D eigenvalue weighted by Crippen LogP contribution is 2.29. The highest BCUT2D eigenvalue weighted by molar-refractivity contribution is 9.10. The number of aryl methyl sites for hydroxylation is 2. The first kappa shape index (κ1) is 26.1. The predicted molar refractivity (Wildman–Crippen MR) is 145 cm³/mol. The van der Waals surface area contributed by atoms with Gasteiger partial charge in [0.15, 0.2) is 6.61 Å². The molecule has 0 unspecified atom stereocenters. The number of hydrogen-bond donors (Lipinski definition) is 2. The monoisotopic (exact) mass is 581 g/mol. The van der Waals surface area contributed by atoms with Crippen molar-refractivity contribution in [3.05, 3.63) is 92.4 Å². The number of benzene rings is 3. The van der Waals surface area contributed by atoms with Crippen molar-refractivity contribution in [3.63, 3.8) is 0 Å². The molecule has 1 aliphatic heterocycles. The number of carbonyl (C=O) groups excluding carboxylic acids is 4. The van der Waals surface area contributed by atoms with Crippen molar-refractivity contribution in [2.24, 2.45) is 0 Å². The molecule has 0 bridgehead atoms. The third-order valence-electron chi connectivity index (χ3n) is 5.60. The van der Waals surface area contributed by atoms with E-state index < -0.39 is 17.8 Å². The van der Waals surface area contributed by atoms with Gasteiger partial charge in [0.1, 0.15) is 11.3 Å². The molecule has 0 radical (unpaired) electrons. The number of nitrogens with zero attached hydrogens (tertiary/aromatic N) is 1. The average molecular weight is 583 g/mol. The zero-order valence-electron chi connectivity index (χ0n) is 19.8. The first-order chi connectivity index (χ1) is 17.6. The smallest absolute Gasteiger partial charge is 0.335 e. The Kier molecular flexibility index (Phi) is 7.75. The van der Waals surface area contributed by atoms with Crippen LogP contribution >= 0.6 is 27.5 Å². The van der Waals surface area contributed by atoms with Crippen LogP contribution in [0.15, 0.2) is 70.7 Å². The number of hydrogen-bond acceptors (Lipinski definition) is 5. The highest BCUT2D eigenvalue weighted by atomic mass is 79.9. The van der Waals surface area contributed by atoms with Crippen molar-refractivity contribution < 1.29 is 23.9 Å². The Morgan fingerprint density at radius 2 is 1.76 bits per heavy atom. The third-order valence-corrected chi connectivity index (χ3v) is 6.48. The first-order valence-electron chi connectivity index (χ1n) is 11.1. The van der Waals surface area contributed by atoms with Gasteiger partial charge < -0.3 is 10.1 Å². The average Bonchev–Trinajstić information content (AvgIpc) is 2.84. The lowest BCUT2D eigenvalue weighted by Crippen LogP contribution is -2.54. The Labute approximate surface area is 226 Å². The van der Waals surface area contributed by atoms with Crippen LogP contribution in [0, 0.1) is 13.8 Å². The summed E-state index contributed by atoms with van der Waals surface area (Å²) in [5.41, 5.74) is 3.18. The maximum absolute atomic E-state index is 13.1. The molecule has 1 saturated heterocycles. The molecule has 3 aromatic rings. The quantitative estimate of drug-likeness (QED) is 0.299. The van der Waals surface area contributed by atoms with Crippen LogP contribution < -0.4 is 20.3 Å². The Bertz CT molecular complexity index is 1450. The van der Waals surface area contributed by atoms with E-state index in [4.69, 9.17) is 16.3 Å². The van der Waals surface area contributed by atoms with Gasteiger partial charge in [0.25, 0.3) is 17.7 Å². The van der Waals surface area contributed by atoms with Crippen molar-refractivity contribution in [3.8, 4) is 5.75 Å². The van der Waals surface area contributed by atoms with Crippen molar-refractivity contribution in [2.75, 3.05) is 16.8 Å². The molecule has 1 aliphatic rings. The number of rotatable bonds is 6. The molecule has 8 nitrogen and oxygen atoms in total. The summed E-state index contributed by atoms with van der Waals surface area (Å²) < 4.78 is 6.09. The van der Waals surface area contributed by atoms with Gasteiger partial charge in [0, 0.05) is 10.7 Å². The molecule has 188 valence electrons. The minimum atomic E-state index is -0.808. The van der Waals surface area contributed by atoms with E-state index in [0.717, 1.165) is 16.0 Å². The SMILES string of the molecule is Cc1ccc(N2C(=O)NC(=O)/C(=C\c3ccc(OCC(=O)Nc4ccc(Cl)cc4)c(Br)c3)C2=O)cc1C. The van der Waals surface area contributed by atoms with Gasteiger partial charge >= 0.3 is 6.03 Å². The van der Waals surface area contributed by atoms with E-state index >= 15 is 0 Å². The van der Waals surface area contributed by atoms with Crippen LogP contribution in [-0.4, -0.2) is 30.4 Å². The number of barbiturate groups is 1. The molecule has 0 spiro atoms. The van der Waals surface area contributed by atoms with Gasteiger partial charge in [-0.1, -0.05) is 23.7 Å². The fraction of sp³-hybridized carbons (Fsp3) is 0.111. The highest BCUT2D eigenvalue weighted by Gasteiger charge is 2.36. The number of amides is 5. The lowest BCUT2D eigenvalue weighted by atomic mass is 10.1. The summed E-state index contributed by atoms with van der Waals surface area (Å²) in [5, 5.41) is 5.48.